The summed E-state index contributed by atoms with van der Waals surface area (Å²) >= 11 is 0. The van der Waals surface area contributed by atoms with Crippen molar-refractivity contribution in [2.45, 2.75) is 124 Å². The molecule has 0 aliphatic carbocycles. The number of hydrogen-bond donors (Lipinski definition) is 0. The maximum Gasteiger partial charge on any atom is 0.286 e. The molecule has 1 unspecified atom stereocenters. The molecule has 0 aromatic heterocycles. The molecular weight excluding hydrogens is 379 g/mol. The first kappa shape index (κ1) is 27.1. The van der Waals surface area contributed by atoms with Crippen LogP contribution in [0, 0.1) is 11.7 Å². The summed E-state index contributed by atoms with van der Waals surface area (Å²) < 4.78 is 33.0. The molecular formula is C26H45FO3. The number of ether oxygens (including phenoxy) is 3. The van der Waals surface area contributed by atoms with Crippen LogP contribution < -0.4 is 0 Å². The zero-order valence-corrected chi connectivity index (χ0v) is 20.4. The van der Waals surface area contributed by atoms with Crippen molar-refractivity contribution in [2.24, 2.45) is 5.92 Å². The highest BCUT2D eigenvalue weighted by atomic mass is 19.1. The average Bonchev–Trinajstić information content (AvgIpc) is 2.61. The fraction of sp³-hybridized carbons (Fsp3) is 0.769. The number of rotatable bonds is 16. The van der Waals surface area contributed by atoms with Gasteiger partial charge < -0.3 is 14.2 Å². The van der Waals surface area contributed by atoms with Gasteiger partial charge in [0.1, 0.15) is 5.82 Å². The van der Waals surface area contributed by atoms with Gasteiger partial charge >= 0.3 is 0 Å². The average molecular weight is 425 g/mol. The molecule has 0 aliphatic heterocycles. The van der Waals surface area contributed by atoms with Crippen molar-refractivity contribution < 1.29 is 18.6 Å². The lowest BCUT2D eigenvalue weighted by atomic mass is 9.90. The Hall–Kier alpha value is -0.970. The molecule has 3 nitrogen and oxygen atoms in total. The van der Waals surface area contributed by atoms with Crippen LogP contribution >= 0.6 is 0 Å². The lowest BCUT2D eigenvalue weighted by Crippen LogP contribution is -2.51. The smallest absolute Gasteiger partial charge is 0.286 e. The SMILES string of the molecule is CCCCCCCCC(Cc1cccc(F)c1)C(OC(C)C)(OC(C)C)OC(C)C. The lowest BCUT2D eigenvalue weighted by Gasteiger charge is -2.43. The summed E-state index contributed by atoms with van der Waals surface area (Å²) in [6.45, 7) is 14.3. The molecule has 0 fully saturated rings. The highest BCUT2D eigenvalue weighted by molar-refractivity contribution is 5.17. The van der Waals surface area contributed by atoms with Crippen molar-refractivity contribution in [1.29, 1.82) is 0 Å². The van der Waals surface area contributed by atoms with E-state index in [-0.39, 0.29) is 30.0 Å². The van der Waals surface area contributed by atoms with E-state index >= 15 is 0 Å². The van der Waals surface area contributed by atoms with Gasteiger partial charge in [-0.2, -0.15) is 0 Å². The second-order valence-corrected chi connectivity index (χ2v) is 9.19. The molecule has 4 heteroatoms. The number of halogens is 1. The van der Waals surface area contributed by atoms with E-state index in [1.807, 2.05) is 47.6 Å². The Morgan fingerprint density at radius 3 is 1.83 bits per heavy atom. The maximum absolute atomic E-state index is 13.9. The Morgan fingerprint density at radius 1 is 0.800 bits per heavy atom. The van der Waals surface area contributed by atoms with Crippen LogP contribution in [0.1, 0.15) is 99.0 Å². The summed E-state index contributed by atoms with van der Waals surface area (Å²) in [5.41, 5.74) is 0.947. The molecule has 1 rings (SSSR count). The topological polar surface area (TPSA) is 27.7 Å². The van der Waals surface area contributed by atoms with Crippen molar-refractivity contribution in [2.75, 3.05) is 0 Å². The predicted octanol–water partition coefficient (Wildman–Crippen LogP) is 7.66. The summed E-state index contributed by atoms with van der Waals surface area (Å²) in [6, 6.07) is 6.84. The molecule has 1 aromatic carbocycles. The zero-order valence-electron chi connectivity index (χ0n) is 20.4. The molecule has 1 atom stereocenters. The van der Waals surface area contributed by atoms with Crippen LogP contribution in [0.2, 0.25) is 0 Å². The third kappa shape index (κ3) is 10.4. The van der Waals surface area contributed by atoms with Gasteiger partial charge in [0, 0.05) is 5.92 Å². The third-order valence-corrected chi connectivity index (χ3v) is 4.98. The maximum atomic E-state index is 13.9. The van der Waals surface area contributed by atoms with Gasteiger partial charge in [-0.25, -0.2) is 4.39 Å². The quantitative estimate of drug-likeness (QED) is 0.201. The van der Waals surface area contributed by atoms with Crippen molar-refractivity contribution in [3.8, 4) is 0 Å². The van der Waals surface area contributed by atoms with Crippen LogP contribution in [0.3, 0.4) is 0 Å². The molecule has 1 aromatic rings. The standard InChI is InChI=1S/C26H45FO3/c1-8-9-10-11-12-13-16-24(18-23-15-14-17-25(27)19-23)26(28-20(2)3,29-21(4)5)30-22(6)7/h14-15,17,19-22,24H,8-13,16,18H2,1-7H3. The summed E-state index contributed by atoms with van der Waals surface area (Å²) in [7, 11) is 0. The zero-order chi connectivity index (χ0) is 22.6. The fourth-order valence-electron chi connectivity index (χ4n) is 3.88. The predicted molar refractivity (Wildman–Crippen MR) is 123 cm³/mol. The molecule has 0 saturated carbocycles. The van der Waals surface area contributed by atoms with E-state index in [0.717, 1.165) is 18.4 Å². The first-order chi connectivity index (χ1) is 14.2. The minimum absolute atomic E-state index is 0.0299. The van der Waals surface area contributed by atoms with E-state index in [9.17, 15) is 4.39 Å². The molecule has 0 saturated heterocycles. The lowest BCUT2D eigenvalue weighted by molar-refractivity contribution is -0.432. The van der Waals surface area contributed by atoms with E-state index in [1.165, 1.54) is 38.2 Å². The Balaban J connectivity index is 3.13. The Kier molecular flexibility index (Phi) is 12.8. The van der Waals surface area contributed by atoms with Crippen LogP contribution in [-0.2, 0) is 20.6 Å². The number of hydrogen-bond acceptors (Lipinski definition) is 3. The van der Waals surface area contributed by atoms with E-state index in [2.05, 4.69) is 6.92 Å². The summed E-state index contributed by atoms with van der Waals surface area (Å²) in [4.78, 5) is 0. The normalized spacial score (nSPS) is 13.6. The molecule has 0 spiro atoms. The Labute approximate surface area is 184 Å². The van der Waals surface area contributed by atoms with Gasteiger partial charge in [-0.3, -0.25) is 0 Å². The molecule has 0 aliphatic rings. The monoisotopic (exact) mass is 424 g/mol. The van der Waals surface area contributed by atoms with Gasteiger partial charge in [-0.15, -0.1) is 0 Å². The van der Waals surface area contributed by atoms with Crippen molar-refractivity contribution in [1.82, 2.24) is 0 Å². The van der Waals surface area contributed by atoms with Gasteiger partial charge in [0.25, 0.3) is 5.97 Å². The minimum Gasteiger partial charge on any atom is -0.324 e. The van der Waals surface area contributed by atoms with E-state index in [4.69, 9.17) is 14.2 Å². The fourth-order valence-corrected chi connectivity index (χ4v) is 3.88. The van der Waals surface area contributed by atoms with Crippen molar-refractivity contribution in [3.63, 3.8) is 0 Å². The van der Waals surface area contributed by atoms with Gasteiger partial charge in [0.2, 0.25) is 0 Å². The molecule has 174 valence electrons. The second-order valence-electron chi connectivity index (χ2n) is 9.19. The Bertz CT molecular complexity index is 545. The second kappa shape index (κ2) is 14.2. The van der Waals surface area contributed by atoms with Gasteiger partial charge in [0.05, 0.1) is 18.3 Å². The first-order valence-electron chi connectivity index (χ1n) is 12.0. The molecule has 0 bridgehead atoms. The van der Waals surface area contributed by atoms with Crippen molar-refractivity contribution in [3.05, 3.63) is 35.6 Å². The highest BCUT2D eigenvalue weighted by Crippen LogP contribution is 2.36. The van der Waals surface area contributed by atoms with Gasteiger partial charge in [0.15, 0.2) is 0 Å². The molecule has 0 amide bonds. The molecule has 0 radical (unpaired) electrons. The number of benzene rings is 1. The van der Waals surface area contributed by atoms with Crippen LogP contribution in [0.15, 0.2) is 24.3 Å². The van der Waals surface area contributed by atoms with E-state index in [1.54, 1.807) is 12.1 Å². The van der Waals surface area contributed by atoms with Crippen LogP contribution in [0.5, 0.6) is 0 Å². The molecule has 0 heterocycles. The third-order valence-electron chi connectivity index (χ3n) is 4.98. The number of unbranched alkanes of at least 4 members (excludes halogenated alkanes) is 5. The van der Waals surface area contributed by atoms with E-state index < -0.39 is 5.97 Å². The summed E-state index contributed by atoms with van der Waals surface area (Å²) in [5.74, 6) is -1.39. The van der Waals surface area contributed by atoms with Crippen LogP contribution in [0.4, 0.5) is 4.39 Å². The van der Waals surface area contributed by atoms with E-state index in [0.29, 0.717) is 6.42 Å². The minimum atomic E-state index is -1.15. The molecule has 30 heavy (non-hydrogen) atoms. The molecule has 0 N–H and O–H groups in total. The summed E-state index contributed by atoms with van der Waals surface area (Å²) in [6.07, 6.45) is 8.73. The van der Waals surface area contributed by atoms with Crippen molar-refractivity contribution >= 4 is 0 Å². The van der Waals surface area contributed by atoms with Crippen LogP contribution in [0.25, 0.3) is 0 Å². The van der Waals surface area contributed by atoms with Crippen LogP contribution in [-0.4, -0.2) is 24.3 Å². The first-order valence-corrected chi connectivity index (χ1v) is 12.0. The van der Waals surface area contributed by atoms with Gasteiger partial charge in [-0.1, -0.05) is 57.6 Å². The Morgan fingerprint density at radius 2 is 1.33 bits per heavy atom. The van der Waals surface area contributed by atoms with Gasteiger partial charge in [-0.05, 0) is 72.1 Å². The largest absolute Gasteiger partial charge is 0.324 e. The highest BCUT2D eigenvalue weighted by Gasteiger charge is 2.45. The summed E-state index contributed by atoms with van der Waals surface area (Å²) in [5, 5.41) is 0.